The summed E-state index contributed by atoms with van der Waals surface area (Å²) in [6.45, 7) is 8.31. The van der Waals surface area contributed by atoms with E-state index in [1.165, 1.54) is 18.6 Å². The van der Waals surface area contributed by atoms with Crippen molar-refractivity contribution >= 4 is 17.7 Å². The first-order chi connectivity index (χ1) is 13.0. The summed E-state index contributed by atoms with van der Waals surface area (Å²) in [4.78, 5) is 8.78. The van der Waals surface area contributed by atoms with E-state index in [9.17, 15) is 4.39 Å². The number of thioether (sulfide) groups is 1. The van der Waals surface area contributed by atoms with Crippen molar-refractivity contribution in [3.05, 3.63) is 47.8 Å². The topological polar surface area (TPSA) is 54.2 Å². The Bertz CT molecular complexity index is 795. The molecule has 2 aromatic rings. The van der Waals surface area contributed by atoms with Gasteiger partial charge in [0.05, 0.1) is 12.2 Å². The zero-order valence-corrected chi connectivity index (χ0v) is 17.1. The Labute approximate surface area is 164 Å². The van der Waals surface area contributed by atoms with E-state index < -0.39 is 0 Å². The predicted octanol–water partition coefficient (Wildman–Crippen LogP) is 3.66. The second kappa shape index (κ2) is 8.78. The third-order valence-electron chi connectivity index (χ3n) is 4.79. The fraction of sp³-hybridized carbons (Fsp3) is 0.500. The van der Waals surface area contributed by atoms with Crippen molar-refractivity contribution in [1.82, 2.24) is 20.2 Å². The largest absolute Gasteiger partial charge is 0.357 e. The van der Waals surface area contributed by atoms with Crippen LogP contribution in [0.5, 0.6) is 0 Å². The Hall–Kier alpha value is -2.02. The van der Waals surface area contributed by atoms with Crippen LogP contribution in [-0.2, 0) is 6.54 Å². The number of hydrogen-bond donors (Lipinski definition) is 2. The maximum atomic E-state index is 14.5. The Morgan fingerprint density at radius 1 is 1.41 bits per heavy atom. The highest BCUT2D eigenvalue weighted by Crippen LogP contribution is 2.36. The Morgan fingerprint density at radius 3 is 2.89 bits per heavy atom. The van der Waals surface area contributed by atoms with E-state index in [4.69, 9.17) is 0 Å². The van der Waals surface area contributed by atoms with Crippen molar-refractivity contribution in [2.75, 3.05) is 18.8 Å². The van der Waals surface area contributed by atoms with Crippen LogP contribution in [0.3, 0.4) is 0 Å². The molecule has 1 fully saturated rings. The molecule has 3 rings (SSSR count). The summed E-state index contributed by atoms with van der Waals surface area (Å²) < 4.78 is 16.6. The van der Waals surface area contributed by atoms with Crippen LogP contribution in [0.2, 0.25) is 0 Å². The van der Waals surface area contributed by atoms with E-state index in [2.05, 4.69) is 27.5 Å². The summed E-state index contributed by atoms with van der Waals surface area (Å²) in [5.74, 6) is 2.50. The third kappa shape index (κ3) is 5.03. The van der Waals surface area contributed by atoms with Gasteiger partial charge in [-0.2, -0.15) is 11.8 Å². The average Bonchev–Trinajstić information content (AvgIpc) is 3.26. The number of aryl methyl sites for hydroxylation is 1. The molecule has 2 heterocycles. The molecule has 5 nitrogen and oxygen atoms in total. The highest BCUT2D eigenvalue weighted by atomic mass is 32.2. The minimum atomic E-state index is -0.267. The molecule has 1 aliphatic heterocycles. The monoisotopic (exact) mass is 389 g/mol. The van der Waals surface area contributed by atoms with Crippen LogP contribution in [-0.4, -0.2) is 39.1 Å². The SMILES string of the molecule is CCNC(=NCc1ccc(-n2ccnc2C)c(F)c1)NCC1(C)CCCS1. The second-order valence-corrected chi connectivity index (χ2v) is 8.76. The molecule has 1 aromatic carbocycles. The van der Waals surface area contributed by atoms with Gasteiger partial charge in [-0.3, -0.25) is 0 Å². The molecule has 1 aromatic heterocycles. The number of nitrogens with one attached hydrogen (secondary N) is 2. The van der Waals surface area contributed by atoms with Gasteiger partial charge in [-0.05, 0) is 57.1 Å². The smallest absolute Gasteiger partial charge is 0.191 e. The van der Waals surface area contributed by atoms with Gasteiger partial charge in [-0.15, -0.1) is 0 Å². The molecule has 1 unspecified atom stereocenters. The lowest BCUT2D eigenvalue weighted by Crippen LogP contribution is -2.43. The molecule has 0 bridgehead atoms. The molecule has 7 heteroatoms. The highest BCUT2D eigenvalue weighted by molar-refractivity contribution is 8.00. The molecule has 1 atom stereocenters. The lowest BCUT2D eigenvalue weighted by Gasteiger charge is -2.24. The summed E-state index contributed by atoms with van der Waals surface area (Å²) in [5, 5.41) is 6.71. The number of benzene rings is 1. The quantitative estimate of drug-likeness (QED) is 0.585. The van der Waals surface area contributed by atoms with Crippen molar-refractivity contribution in [1.29, 1.82) is 0 Å². The summed E-state index contributed by atoms with van der Waals surface area (Å²) >= 11 is 2.02. The molecule has 27 heavy (non-hydrogen) atoms. The number of hydrogen-bond acceptors (Lipinski definition) is 3. The lowest BCUT2D eigenvalue weighted by molar-refractivity contribution is 0.584. The highest BCUT2D eigenvalue weighted by Gasteiger charge is 2.29. The number of aromatic nitrogens is 2. The van der Waals surface area contributed by atoms with E-state index in [1.54, 1.807) is 29.1 Å². The van der Waals surface area contributed by atoms with Crippen LogP contribution >= 0.6 is 11.8 Å². The second-order valence-electron chi connectivity index (χ2n) is 7.08. The first kappa shape index (κ1) is 19.7. The van der Waals surface area contributed by atoms with Gasteiger partial charge in [0.25, 0.3) is 0 Å². The minimum Gasteiger partial charge on any atom is -0.357 e. The maximum absolute atomic E-state index is 14.5. The van der Waals surface area contributed by atoms with Crippen molar-refractivity contribution in [2.45, 2.75) is 44.9 Å². The molecule has 1 aliphatic rings. The molecule has 0 saturated carbocycles. The fourth-order valence-electron chi connectivity index (χ4n) is 3.24. The van der Waals surface area contributed by atoms with Gasteiger partial charge in [-0.25, -0.2) is 14.4 Å². The molecule has 0 radical (unpaired) electrons. The lowest BCUT2D eigenvalue weighted by atomic mass is 10.1. The first-order valence-corrected chi connectivity index (χ1v) is 10.4. The molecule has 2 N–H and O–H groups in total. The van der Waals surface area contributed by atoms with Gasteiger partial charge < -0.3 is 15.2 Å². The van der Waals surface area contributed by atoms with E-state index in [0.29, 0.717) is 12.2 Å². The van der Waals surface area contributed by atoms with Gasteiger partial charge in [0.15, 0.2) is 5.96 Å². The summed E-state index contributed by atoms with van der Waals surface area (Å²) in [5.41, 5.74) is 1.35. The normalized spacial score (nSPS) is 20.1. The zero-order chi connectivity index (χ0) is 19.3. The van der Waals surface area contributed by atoms with Crippen LogP contribution in [0, 0.1) is 12.7 Å². The van der Waals surface area contributed by atoms with Gasteiger partial charge in [-0.1, -0.05) is 6.07 Å². The van der Waals surface area contributed by atoms with Gasteiger partial charge >= 0.3 is 0 Å². The molecular formula is C20H28FN5S. The van der Waals surface area contributed by atoms with E-state index in [1.807, 2.05) is 31.7 Å². The molecule has 0 spiro atoms. The van der Waals surface area contributed by atoms with Gasteiger partial charge in [0, 0.05) is 30.2 Å². The molecule has 0 amide bonds. The fourth-order valence-corrected chi connectivity index (χ4v) is 4.48. The number of guanidine groups is 1. The van der Waals surface area contributed by atoms with E-state index >= 15 is 0 Å². The molecular weight excluding hydrogens is 361 g/mol. The molecule has 0 aliphatic carbocycles. The summed E-state index contributed by atoms with van der Waals surface area (Å²) in [6, 6.07) is 5.25. The predicted molar refractivity (Wildman–Crippen MR) is 111 cm³/mol. The number of rotatable bonds is 6. The van der Waals surface area contributed by atoms with Gasteiger partial charge in [0.2, 0.25) is 0 Å². The number of nitrogens with zero attached hydrogens (tertiary/aromatic N) is 3. The van der Waals surface area contributed by atoms with Crippen LogP contribution in [0.25, 0.3) is 5.69 Å². The Morgan fingerprint density at radius 2 is 2.26 bits per heavy atom. The van der Waals surface area contributed by atoms with Gasteiger partial charge in [0.1, 0.15) is 11.6 Å². The van der Waals surface area contributed by atoms with Crippen LogP contribution in [0.15, 0.2) is 35.6 Å². The maximum Gasteiger partial charge on any atom is 0.191 e. The summed E-state index contributed by atoms with van der Waals surface area (Å²) in [6.07, 6.45) is 5.94. The van der Waals surface area contributed by atoms with Crippen molar-refractivity contribution in [2.24, 2.45) is 4.99 Å². The third-order valence-corrected chi connectivity index (χ3v) is 6.33. The Kier molecular flexibility index (Phi) is 6.42. The number of aliphatic imine (C=N–C) groups is 1. The van der Waals surface area contributed by atoms with Crippen LogP contribution in [0.1, 0.15) is 38.1 Å². The zero-order valence-electron chi connectivity index (χ0n) is 16.3. The molecule has 146 valence electrons. The van der Waals surface area contributed by atoms with E-state index in [0.717, 1.165) is 30.4 Å². The average molecular weight is 390 g/mol. The van der Waals surface area contributed by atoms with Crippen molar-refractivity contribution in [3.8, 4) is 5.69 Å². The van der Waals surface area contributed by atoms with Crippen LogP contribution < -0.4 is 10.6 Å². The minimum absolute atomic E-state index is 0.267. The first-order valence-electron chi connectivity index (χ1n) is 9.46. The van der Waals surface area contributed by atoms with Crippen molar-refractivity contribution in [3.63, 3.8) is 0 Å². The number of imidazole rings is 1. The standard InChI is InChI=1S/C20H28FN5S/c1-4-22-19(25-14-20(3)8-5-11-27-20)24-13-16-6-7-18(17(21)12-16)26-10-9-23-15(26)2/h6-7,9-10,12H,4-5,8,11,13-14H2,1-3H3,(H2,22,24,25). The molecule has 1 saturated heterocycles. The van der Waals surface area contributed by atoms with E-state index in [-0.39, 0.29) is 10.6 Å². The number of halogens is 1. The Balaban J connectivity index is 1.66. The summed E-state index contributed by atoms with van der Waals surface area (Å²) in [7, 11) is 0. The van der Waals surface area contributed by atoms with Crippen LogP contribution in [0.4, 0.5) is 4.39 Å². The van der Waals surface area contributed by atoms with Crippen molar-refractivity contribution < 1.29 is 4.39 Å².